The SMILES string of the molecule is CCOC(=O)[C@@H](CC(=O)c1cccc[n+]1[O-])C1C(=O)CC(C)(C)CC1=O. The lowest BCUT2D eigenvalue weighted by atomic mass is 9.67. The van der Waals surface area contributed by atoms with Crippen LogP contribution in [0.3, 0.4) is 0 Å². The Morgan fingerprint density at radius 2 is 1.88 bits per heavy atom. The summed E-state index contributed by atoms with van der Waals surface area (Å²) in [6.45, 7) is 5.30. The highest BCUT2D eigenvalue weighted by atomic mass is 16.5. The zero-order chi connectivity index (χ0) is 19.5. The van der Waals surface area contributed by atoms with Gasteiger partial charge >= 0.3 is 5.97 Å². The summed E-state index contributed by atoms with van der Waals surface area (Å²) in [7, 11) is 0. The van der Waals surface area contributed by atoms with Crippen LogP contribution in [0.5, 0.6) is 0 Å². The van der Waals surface area contributed by atoms with E-state index in [1.807, 2.05) is 13.8 Å². The number of rotatable bonds is 6. The first-order valence-corrected chi connectivity index (χ1v) is 8.59. The first-order chi connectivity index (χ1) is 12.2. The van der Waals surface area contributed by atoms with Gasteiger partial charge in [0.2, 0.25) is 5.78 Å². The summed E-state index contributed by atoms with van der Waals surface area (Å²) >= 11 is 0. The molecule has 0 radical (unpaired) electrons. The van der Waals surface area contributed by atoms with Gasteiger partial charge in [-0.15, -0.1) is 0 Å². The molecule has 0 aliphatic heterocycles. The third kappa shape index (κ3) is 4.33. The number of hydrogen-bond acceptors (Lipinski definition) is 6. The molecule has 0 N–H and O–H groups in total. The lowest BCUT2D eigenvalue weighted by molar-refractivity contribution is -0.607. The van der Waals surface area contributed by atoms with Crippen molar-refractivity contribution < 1.29 is 28.6 Å². The Hall–Kier alpha value is -2.57. The maximum atomic E-state index is 12.5. The van der Waals surface area contributed by atoms with Gasteiger partial charge in [0.25, 0.3) is 5.69 Å². The van der Waals surface area contributed by atoms with Gasteiger partial charge in [-0.3, -0.25) is 19.2 Å². The summed E-state index contributed by atoms with van der Waals surface area (Å²) < 4.78 is 5.39. The number of carbonyl (C=O) groups excluding carboxylic acids is 4. The number of ether oxygens (including phenoxy) is 1. The number of esters is 1. The van der Waals surface area contributed by atoms with Crippen LogP contribution < -0.4 is 4.73 Å². The number of carbonyl (C=O) groups is 4. The van der Waals surface area contributed by atoms with E-state index in [9.17, 15) is 24.4 Å². The first kappa shape index (κ1) is 19.8. The molecule has 0 spiro atoms. The molecule has 0 aromatic carbocycles. The second-order valence-electron chi connectivity index (χ2n) is 7.33. The van der Waals surface area contributed by atoms with E-state index < -0.39 is 35.4 Å². The Morgan fingerprint density at radius 3 is 2.42 bits per heavy atom. The molecule has 7 heteroatoms. The minimum atomic E-state index is -1.21. The Balaban J connectivity index is 2.31. The third-order valence-corrected chi connectivity index (χ3v) is 4.51. The Bertz CT molecular complexity index is 719. The molecule has 140 valence electrons. The highest BCUT2D eigenvalue weighted by Gasteiger charge is 2.47. The van der Waals surface area contributed by atoms with Gasteiger partial charge in [-0.2, -0.15) is 4.73 Å². The zero-order valence-electron chi connectivity index (χ0n) is 15.2. The van der Waals surface area contributed by atoms with Crippen molar-refractivity contribution in [1.82, 2.24) is 0 Å². The van der Waals surface area contributed by atoms with Crippen LogP contribution in [0.2, 0.25) is 0 Å². The van der Waals surface area contributed by atoms with Crippen LogP contribution in [-0.2, 0) is 19.1 Å². The highest BCUT2D eigenvalue weighted by Crippen LogP contribution is 2.38. The fourth-order valence-corrected chi connectivity index (χ4v) is 3.39. The quantitative estimate of drug-likeness (QED) is 0.251. The molecule has 1 aromatic heterocycles. The van der Waals surface area contributed by atoms with E-state index in [0.29, 0.717) is 4.73 Å². The molecule has 0 unspecified atom stereocenters. The number of ketones is 3. The van der Waals surface area contributed by atoms with Gasteiger partial charge in [-0.1, -0.05) is 13.8 Å². The summed E-state index contributed by atoms with van der Waals surface area (Å²) in [4.78, 5) is 50.0. The van der Waals surface area contributed by atoms with Gasteiger partial charge in [-0.25, -0.2) is 0 Å². The lowest BCUT2D eigenvalue weighted by Gasteiger charge is -2.34. The van der Waals surface area contributed by atoms with Crippen molar-refractivity contribution in [3.05, 3.63) is 35.3 Å². The van der Waals surface area contributed by atoms with E-state index >= 15 is 0 Å². The number of nitrogens with zero attached hydrogens (tertiary/aromatic N) is 1. The van der Waals surface area contributed by atoms with Crippen molar-refractivity contribution in [2.24, 2.45) is 17.3 Å². The maximum Gasteiger partial charge on any atom is 0.310 e. The smallest absolute Gasteiger partial charge is 0.310 e. The Labute approximate surface area is 151 Å². The summed E-state index contributed by atoms with van der Waals surface area (Å²) in [5.41, 5.74) is -0.608. The van der Waals surface area contributed by atoms with Crippen LogP contribution in [0.15, 0.2) is 24.4 Å². The van der Waals surface area contributed by atoms with E-state index in [4.69, 9.17) is 4.74 Å². The maximum absolute atomic E-state index is 12.5. The van der Waals surface area contributed by atoms with E-state index in [2.05, 4.69) is 0 Å². The second-order valence-corrected chi connectivity index (χ2v) is 7.33. The molecule has 1 aliphatic carbocycles. The molecular formula is C19H23NO6. The minimum absolute atomic E-state index is 0.0665. The van der Waals surface area contributed by atoms with Crippen molar-refractivity contribution in [3.8, 4) is 0 Å². The molecule has 0 saturated heterocycles. The summed E-state index contributed by atoms with van der Waals surface area (Å²) in [5.74, 6) is -4.50. The molecule has 1 aliphatic rings. The van der Waals surface area contributed by atoms with Gasteiger partial charge in [0, 0.05) is 31.4 Å². The van der Waals surface area contributed by atoms with Crippen LogP contribution in [0, 0.1) is 22.5 Å². The minimum Gasteiger partial charge on any atom is -0.618 e. The van der Waals surface area contributed by atoms with E-state index in [1.54, 1.807) is 6.92 Å². The first-order valence-electron chi connectivity index (χ1n) is 8.59. The summed E-state index contributed by atoms with van der Waals surface area (Å²) in [5, 5.41) is 11.8. The monoisotopic (exact) mass is 361 g/mol. The second kappa shape index (κ2) is 7.76. The van der Waals surface area contributed by atoms with Gasteiger partial charge in [0.15, 0.2) is 6.20 Å². The average Bonchev–Trinajstić information content (AvgIpc) is 2.52. The Morgan fingerprint density at radius 1 is 1.27 bits per heavy atom. The van der Waals surface area contributed by atoms with Crippen molar-refractivity contribution >= 4 is 23.3 Å². The number of hydrogen-bond donors (Lipinski definition) is 0. The third-order valence-electron chi connectivity index (χ3n) is 4.51. The molecule has 1 heterocycles. The van der Waals surface area contributed by atoms with E-state index in [0.717, 1.165) is 0 Å². The Kier molecular flexibility index (Phi) is 5.90. The van der Waals surface area contributed by atoms with E-state index in [-0.39, 0.29) is 36.7 Å². The molecule has 1 aromatic rings. The summed E-state index contributed by atoms with van der Waals surface area (Å²) in [6, 6.07) is 4.34. The van der Waals surface area contributed by atoms with Gasteiger partial charge in [0.05, 0.1) is 18.4 Å². The van der Waals surface area contributed by atoms with Gasteiger partial charge in [0.1, 0.15) is 11.6 Å². The summed E-state index contributed by atoms with van der Waals surface area (Å²) in [6.07, 6.45) is 1.06. The molecule has 0 amide bonds. The molecule has 1 fully saturated rings. The largest absolute Gasteiger partial charge is 0.618 e. The number of Topliss-reactive ketones (excluding diaryl/α,β-unsaturated/α-hetero) is 3. The average molecular weight is 361 g/mol. The van der Waals surface area contributed by atoms with Crippen molar-refractivity contribution in [2.75, 3.05) is 6.61 Å². The van der Waals surface area contributed by atoms with Gasteiger partial charge < -0.3 is 9.94 Å². The number of aromatic nitrogens is 1. The van der Waals surface area contributed by atoms with Crippen molar-refractivity contribution in [3.63, 3.8) is 0 Å². The molecule has 7 nitrogen and oxygen atoms in total. The predicted octanol–water partition coefficient (Wildman–Crippen LogP) is 1.65. The fraction of sp³-hybridized carbons (Fsp3) is 0.526. The predicted molar refractivity (Wildman–Crippen MR) is 91.0 cm³/mol. The molecule has 1 saturated carbocycles. The number of pyridine rings is 1. The molecule has 26 heavy (non-hydrogen) atoms. The van der Waals surface area contributed by atoms with Gasteiger partial charge in [-0.05, 0) is 18.4 Å². The molecular weight excluding hydrogens is 338 g/mol. The normalized spacial score (nSPS) is 18.4. The van der Waals surface area contributed by atoms with Crippen LogP contribution in [0.4, 0.5) is 0 Å². The van der Waals surface area contributed by atoms with Crippen molar-refractivity contribution in [1.29, 1.82) is 0 Å². The van der Waals surface area contributed by atoms with Crippen LogP contribution in [-0.4, -0.2) is 29.9 Å². The molecule has 1 atom stereocenters. The van der Waals surface area contributed by atoms with Crippen molar-refractivity contribution in [2.45, 2.75) is 40.0 Å². The molecule has 0 bridgehead atoms. The van der Waals surface area contributed by atoms with Crippen LogP contribution >= 0.6 is 0 Å². The zero-order valence-corrected chi connectivity index (χ0v) is 15.2. The van der Waals surface area contributed by atoms with Crippen LogP contribution in [0.1, 0.15) is 50.5 Å². The standard InChI is InChI=1S/C19H23NO6/c1-4-26-18(24)12(9-14(21)13-7-5-6-8-20(13)25)17-15(22)10-19(2,3)11-16(17)23/h5-8,12,17H,4,9-11H2,1-3H3/t12-/m0/s1. The highest BCUT2D eigenvalue weighted by molar-refractivity contribution is 6.09. The topological polar surface area (TPSA) is 104 Å². The molecule has 2 rings (SSSR count). The van der Waals surface area contributed by atoms with Crippen LogP contribution in [0.25, 0.3) is 0 Å². The lowest BCUT2D eigenvalue weighted by Crippen LogP contribution is -2.45. The van der Waals surface area contributed by atoms with E-state index in [1.165, 1.54) is 24.4 Å². The fourth-order valence-electron chi connectivity index (χ4n) is 3.39.